The second kappa shape index (κ2) is 7.68. The molecule has 2 aliphatic rings. The molecule has 1 fully saturated rings. The van der Waals surface area contributed by atoms with Crippen molar-refractivity contribution in [3.8, 4) is 11.3 Å². The lowest BCUT2D eigenvalue weighted by atomic mass is 10.1. The van der Waals surface area contributed by atoms with Gasteiger partial charge in [0.15, 0.2) is 5.69 Å². The van der Waals surface area contributed by atoms with Crippen LogP contribution in [0.1, 0.15) is 58.3 Å². The van der Waals surface area contributed by atoms with Crippen molar-refractivity contribution in [3.63, 3.8) is 0 Å². The average Bonchev–Trinajstić information content (AvgIpc) is 3.49. The summed E-state index contributed by atoms with van der Waals surface area (Å²) in [5, 5.41) is 11.4. The summed E-state index contributed by atoms with van der Waals surface area (Å²) in [7, 11) is 0. The molecule has 1 aliphatic carbocycles. The Bertz CT molecular complexity index is 1090. The zero-order valence-corrected chi connectivity index (χ0v) is 17.3. The number of aromatic amines is 1. The van der Waals surface area contributed by atoms with E-state index in [2.05, 4.69) is 15.4 Å². The van der Waals surface area contributed by atoms with Crippen LogP contribution in [0.15, 0.2) is 22.7 Å². The van der Waals surface area contributed by atoms with E-state index in [1.54, 1.807) is 0 Å². The molecule has 0 radical (unpaired) electrons. The first kappa shape index (κ1) is 19.0. The van der Waals surface area contributed by atoms with Crippen molar-refractivity contribution >= 4 is 5.91 Å². The quantitative estimate of drug-likeness (QED) is 0.714. The summed E-state index contributed by atoms with van der Waals surface area (Å²) in [6.45, 7) is 5.45. The Labute approximate surface area is 174 Å². The molecule has 30 heavy (non-hydrogen) atoms. The van der Waals surface area contributed by atoms with Gasteiger partial charge in [0.1, 0.15) is 11.9 Å². The first-order valence-electron chi connectivity index (χ1n) is 10.5. The van der Waals surface area contributed by atoms with Gasteiger partial charge in [-0.2, -0.15) is 5.10 Å². The molecule has 1 aliphatic heterocycles. The molecule has 156 valence electrons. The van der Waals surface area contributed by atoms with Crippen LogP contribution in [0, 0.1) is 6.92 Å². The Kier molecular flexibility index (Phi) is 4.86. The number of fused-ring (bicyclic) bond motifs is 1. The third-order valence-corrected chi connectivity index (χ3v) is 5.97. The molecule has 1 N–H and O–H groups in total. The van der Waals surface area contributed by atoms with Gasteiger partial charge in [-0.15, -0.1) is 0 Å². The number of hydrogen-bond acceptors (Lipinski definition) is 6. The number of nitrogens with zero attached hydrogens (tertiary/aromatic N) is 4. The molecule has 1 atom stereocenters. The van der Waals surface area contributed by atoms with Gasteiger partial charge in [0.25, 0.3) is 5.91 Å². The summed E-state index contributed by atoms with van der Waals surface area (Å²) >= 11 is 0. The van der Waals surface area contributed by atoms with Crippen LogP contribution < -0.4 is 0 Å². The monoisotopic (exact) mass is 407 g/mol. The SMILES string of the molecule is CCc1onc(C)c1-c1cccc([C@@H]2CN(C(=O)c3n[nH]c4c3CCC4)CCO2)n1. The van der Waals surface area contributed by atoms with E-state index in [9.17, 15) is 4.79 Å². The second-order valence-corrected chi connectivity index (χ2v) is 7.86. The van der Waals surface area contributed by atoms with Gasteiger partial charge in [-0.1, -0.05) is 18.1 Å². The van der Waals surface area contributed by atoms with E-state index in [1.807, 2.05) is 36.9 Å². The van der Waals surface area contributed by atoms with Gasteiger partial charge < -0.3 is 14.2 Å². The highest BCUT2D eigenvalue weighted by Crippen LogP contribution is 2.30. The fourth-order valence-corrected chi connectivity index (χ4v) is 4.41. The number of carbonyl (C=O) groups is 1. The maximum absolute atomic E-state index is 13.1. The normalized spacial score (nSPS) is 18.6. The number of nitrogens with one attached hydrogen (secondary N) is 1. The van der Waals surface area contributed by atoms with Gasteiger partial charge >= 0.3 is 0 Å². The van der Waals surface area contributed by atoms with Crippen molar-refractivity contribution in [2.75, 3.05) is 19.7 Å². The molecule has 1 saturated heterocycles. The first-order chi connectivity index (χ1) is 14.7. The summed E-state index contributed by atoms with van der Waals surface area (Å²) in [6.07, 6.45) is 3.44. The number of ether oxygens (including phenoxy) is 1. The lowest BCUT2D eigenvalue weighted by molar-refractivity contribution is -0.0249. The van der Waals surface area contributed by atoms with Crippen molar-refractivity contribution < 1.29 is 14.1 Å². The molecule has 0 aromatic carbocycles. The molecule has 5 rings (SSSR count). The number of amides is 1. The molecule has 0 bridgehead atoms. The Morgan fingerprint density at radius 3 is 3.10 bits per heavy atom. The van der Waals surface area contributed by atoms with Crippen LogP contribution in [0.3, 0.4) is 0 Å². The van der Waals surface area contributed by atoms with Crippen molar-refractivity contribution in [2.24, 2.45) is 0 Å². The van der Waals surface area contributed by atoms with Crippen LogP contribution in [0.5, 0.6) is 0 Å². The molecule has 1 amide bonds. The fraction of sp³-hybridized carbons (Fsp3) is 0.455. The maximum atomic E-state index is 13.1. The zero-order chi connectivity index (χ0) is 20.7. The molecule has 3 aromatic heterocycles. The number of aromatic nitrogens is 4. The highest BCUT2D eigenvalue weighted by molar-refractivity contribution is 5.94. The molecule has 4 heterocycles. The zero-order valence-electron chi connectivity index (χ0n) is 17.3. The van der Waals surface area contributed by atoms with E-state index in [0.29, 0.717) is 25.4 Å². The van der Waals surface area contributed by atoms with Crippen molar-refractivity contribution in [2.45, 2.75) is 45.6 Å². The van der Waals surface area contributed by atoms with Crippen molar-refractivity contribution in [1.29, 1.82) is 0 Å². The lowest BCUT2D eigenvalue weighted by Crippen LogP contribution is -2.42. The predicted molar refractivity (Wildman–Crippen MR) is 109 cm³/mol. The van der Waals surface area contributed by atoms with E-state index in [-0.39, 0.29) is 12.0 Å². The summed E-state index contributed by atoms with van der Waals surface area (Å²) in [5.41, 5.74) is 6.14. The number of rotatable bonds is 4. The van der Waals surface area contributed by atoms with Crippen LogP contribution in [0.25, 0.3) is 11.3 Å². The van der Waals surface area contributed by atoms with Gasteiger partial charge in [-0.05, 0) is 38.3 Å². The maximum Gasteiger partial charge on any atom is 0.274 e. The van der Waals surface area contributed by atoms with E-state index in [0.717, 1.165) is 65.3 Å². The number of carbonyl (C=O) groups excluding carboxylic acids is 1. The van der Waals surface area contributed by atoms with Crippen LogP contribution in [-0.4, -0.2) is 50.8 Å². The van der Waals surface area contributed by atoms with Gasteiger partial charge in [0.05, 0.1) is 35.8 Å². The molecule has 8 nitrogen and oxygen atoms in total. The Balaban J connectivity index is 1.39. The predicted octanol–water partition coefficient (Wildman–Crippen LogP) is 3.03. The third kappa shape index (κ3) is 3.21. The molecular formula is C22H25N5O3. The van der Waals surface area contributed by atoms with Gasteiger partial charge in [-0.25, -0.2) is 4.98 Å². The highest BCUT2D eigenvalue weighted by atomic mass is 16.5. The minimum Gasteiger partial charge on any atom is -0.368 e. The minimum atomic E-state index is -0.278. The molecule has 0 unspecified atom stereocenters. The number of aryl methyl sites for hydroxylation is 3. The lowest BCUT2D eigenvalue weighted by Gasteiger charge is -2.32. The van der Waals surface area contributed by atoms with E-state index >= 15 is 0 Å². The molecular weight excluding hydrogens is 382 g/mol. The summed E-state index contributed by atoms with van der Waals surface area (Å²) in [6, 6.07) is 5.87. The average molecular weight is 407 g/mol. The number of H-pyrrole nitrogens is 1. The summed E-state index contributed by atoms with van der Waals surface area (Å²) < 4.78 is 11.4. The van der Waals surface area contributed by atoms with Crippen LogP contribution in [0.2, 0.25) is 0 Å². The molecule has 8 heteroatoms. The highest BCUT2D eigenvalue weighted by Gasteiger charge is 2.31. The third-order valence-electron chi connectivity index (χ3n) is 5.97. The largest absolute Gasteiger partial charge is 0.368 e. The first-order valence-corrected chi connectivity index (χ1v) is 10.5. The smallest absolute Gasteiger partial charge is 0.274 e. The number of morpholine rings is 1. The second-order valence-electron chi connectivity index (χ2n) is 7.86. The van der Waals surface area contributed by atoms with Gasteiger partial charge in [0.2, 0.25) is 0 Å². The molecule has 0 spiro atoms. The summed E-state index contributed by atoms with van der Waals surface area (Å²) in [4.78, 5) is 19.8. The van der Waals surface area contributed by atoms with Gasteiger partial charge in [-0.3, -0.25) is 9.89 Å². The van der Waals surface area contributed by atoms with Crippen molar-refractivity contribution in [3.05, 3.63) is 52.3 Å². The molecule has 3 aromatic rings. The standard InChI is InChI=1S/C22H25N5O3/c1-3-18-20(13(2)26-30-18)17-9-5-8-16(23-17)19-12-27(10-11-29-19)22(28)21-14-6-4-7-15(14)24-25-21/h5,8-9,19H,3-4,6-7,10-12H2,1-2H3,(H,24,25)/t19-/m0/s1. The fourth-order valence-electron chi connectivity index (χ4n) is 4.41. The van der Waals surface area contributed by atoms with E-state index in [1.165, 1.54) is 0 Å². The van der Waals surface area contributed by atoms with Crippen LogP contribution in [0.4, 0.5) is 0 Å². The Morgan fingerprint density at radius 1 is 1.33 bits per heavy atom. The number of hydrogen-bond donors (Lipinski definition) is 1. The van der Waals surface area contributed by atoms with Crippen LogP contribution >= 0.6 is 0 Å². The Morgan fingerprint density at radius 2 is 2.23 bits per heavy atom. The number of pyridine rings is 1. The van der Waals surface area contributed by atoms with E-state index < -0.39 is 0 Å². The van der Waals surface area contributed by atoms with Crippen molar-refractivity contribution in [1.82, 2.24) is 25.2 Å². The summed E-state index contributed by atoms with van der Waals surface area (Å²) in [5.74, 6) is 0.799. The Hall–Kier alpha value is -3.00. The van der Waals surface area contributed by atoms with E-state index in [4.69, 9.17) is 14.2 Å². The van der Waals surface area contributed by atoms with Crippen LogP contribution in [-0.2, 0) is 24.0 Å². The molecule has 0 saturated carbocycles. The topological polar surface area (TPSA) is 97.1 Å². The van der Waals surface area contributed by atoms with Gasteiger partial charge in [0, 0.05) is 24.2 Å². The minimum absolute atomic E-state index is 0.0259.